The maximum Gasteiger partial charge on any atom is 0.138 e. The zero-order valence-corrected chi connectivity index (χ0v) is 30.4. The number of fused-ring (bicyclic) bond motifs is 11. The van der Waals surface area contributed by atoms with E-state index in [4.69, 9.17) is 4.74 Å². The number of benzene rings is 8. The van der Waals surface area contributed by atoms with Crippen molar-refractivity contribution < 1.29 is 4.74 Å². The Morgan fingerprint density at radius 2 is 1.17 bits per heavy atom. The van der Waals surface area contributed by atoms with Gasteiger partial charge < -0.3 is 4.74 Å². The van der Waals surface area contributed by atoms with Crippen LogP contribution in [0.3, 0.4) is 0 Å². The van der Waals surface area contributed by atoms with Crippen LogP contribution in [-0.2, 0) is 0 Å². The van der Waals surface area contributed by atoms with Crippen molar-refractivity contribution in [3.05, 3.63) is 186 Å². The molecule has 0 spiro atoms. The molecule has 12 rings (SSSR count). The fourth-order valence-electron chi connectivity index (χ4n) is 9.67. The molecule has 8 aromatic carbocycles. The highest BCUT2D eigenvalue weighted by Crippen LogP contribution is 2.53. The van der Waals surface area contributed by atoms with E-state index in [-0.39, 0.29) is 5.92 Å². The second kappa shape index (κ2) is 11.6. The van der Waals surface area contributed by atoms with Gasteiger partial charge in [0.1, 0.15) is 11.5 Å². The summed E-state index contributed by atoms with van der Waals surface area (Å²) < 4.78 is 9.42. The summed E-state index contributed by atoms with van der Waals surface area (Å²) in [6, 6.07) is 49.9. The van der Waals surface area contributed by atoms with Gasteiger partial charge in [0.25, 0.3) is 0 Å². The highest BCUT2D eigenvalue weighted by molar-refractivity contribution is 7.25. The smallest absolute Gasteiger partial charge is 0.138 e. The van der Waals surface area contributed by atoms with Crippen LogP contribution in [0, 0.1) is 0 Å². The molecule has 3 aliphatic rings. The summed E-state index contributed by atoms with van der Waals surface area (Å²) in [6.45, 7) is 0. The van der Waals surface area contributed by atoms with Crippen LogP contribution in [-0.4, -0.2) is 0 Å². The van der Waals surface area contributed by atoms with Gasteiger partial charge in [0, 0.05) is 37.0 Å². The molecule has 0 fully saturated rings. The number of thiophene rings is 1. The van der Waals surface area contributed by atoms with Crippen molar-refractivity contribution in [2.75, 3.05) is 0 Å². The number of hydrogen-bond donors (Lipinski definition) is 0. The van der Waals surface area contributed by atoms with Crippen molar-refractivity contribution in [2.24, 2.45) is 0 Å². The summed E-state index contributed by atoms with van der Waals surface area (Å²) in [6.07, 6.45) is 14.4. The monoisotopic (exact) mass is 706 g/mol. The third-order valence-corrected chi connectivity index (χ3v) is 13.2. The van der Waals surface area contributed by atoms with E-state index in [0.717, 1.165) is 30.8 Å². The number of allylic oxidation sites excluding steroid dienone is 8. The first-order valence-electron chi connectivity index (χ1n) is 19.1. The predicted molar refractivity (Wildman–Crippen MR) is 232 cm³/mol. The van der Waals surface area contributed by atoms with Crippen LogP contribution < -0.4 is 4.74 Å². The SMILES string of the molecule is C1=CCCC(c2c3ccccc3c(-c3ccc(C4=CC=C5Oc6c(ccc7cc8sc9ccccc9c8cc67)C5C4)c4ccccc34)c3ccccc23)=C1. The van der Waals surface area contributed by atoms with Gasteiger partial charge in [-0.15, -0.1) is 11.3 Å². The lowest BCUT2D eigenvalue weighted by molar-refractivity contribution is 0.430. The van der Waals surface area contributed by atoms with Gasteiger partial charge >= 0.3 is 0 Å². The molecule has 54 heavy (non-hydrogen) atoms. The van der Waals surface area contributed by atoms with Gasteiger partial charge in [-0.1, -0.05) is 140 Å². The van der Waals surface area contributed by atoms with E-state index >= 15 is 0 Å². The fourth-order valence-corrected chi connectivity index (χ4v) is 10.8. The number of ether oxygens (including phenoxy) is 1. The largest absolute Gasteiger partial charge is 0.460 e. The van der Waals surface area contributed by atoms with Gasteiger partial charge in [-0.05, 0) is 115 Å². The summed E-state index contributed by atoms with van der Waals surface area (Å²) in [4.78, 5) is 0. The summed E-state index contributed by atoms with van der Waals surface area (Å²) >= 11 is 1.87. The van der Waals surface area contributed by atoms with Gasteiger partial charge in [-0.3, -0.25) is 0 Å². The molecular formula is C52H34OS. The van der Waals surface area contributed by atoms with Crippen LogP contribution in [0.5, 0.6) is 5.75 Å². The Morgan fingerprint density at radius 1 is 0.500 bits per heavy atom. The Hall–Kier alpha value is -6.22. The quantitative estimate of drug-likeness (QED) is 0.166. The number of hydrogen-bond acceptors (Lipinski definition) is 2. The van der Waals surface area contributed by atoms with Crippen LogP contribution in [0.4, 0.5) is 0 Å². The molecule has 1 aromatic heterocycles. The molecule has 1 nitrogen and oxygen atoms in total. The minimum Gasteiger partial charge on any atom is -0.460 e. The van der Waals surface area contributed by atoms with Crippen molar-refractivity contribution in [3.63, 3.8) is 0 Å². The molecule has 0 saturated heterocycles. The standard InChI is InChI=1S/C52H34OS/c1-2-12-31(13-3-1)50-38-17-6-8-19-40(38)51(41-20-9-7-18-39(41)50)42-26-25-34(35-14-4-5-15-36(35)42)32-23-27-47-45(28-32)43-24-22-33-29-49-46(30-44(33)52(43)53-47)37-16-10-11-21-48(37)54-49/h1-2,4-12,14-27,29-30,45H,3,13,28H2. The van der Waals surface area contributed by atoms with E-state index < -0.39 is 0 Å². The van der Waals surface area contributed by atoms with Gasteiger partial charge in [-0.25, -0.2) is 0 Å². The van der Waals surface area contributed by atoms with Crippen LogP contribution in [0.1, 0.15) is 41.9 Å². The summed E-state index contributed by atoms with van der Waals surface area (Å²) in [7, 11) is 0. The molecule has 0 bridgehead atoms. The molecule has 1 atom stereocenters. The minimum atomic E-state index is 0.196. The Labute approximate surface area is 317 Å². The predicted octanol–water partition coefficient (Wildman–Crippen LogP) is 14.9. The van der Waals surface area contributed by atoms with Crippen molar-refractivity contribution in [2.45, 2.75) is 25.2 Å². The highest BCUT2D eigenvalue weighted by Gasteiger charge is 2.34. The van der Waals surface area contributed by atoms with Gasteiger partial charge in [0.05, 0.1) is 0 Å². The number of rotatable bonds is 3. The molecule has 1 aliphatic heterocycles. The molecule has 0 radical (unpaired) electrons. The van der Waals surface area contributed by atoms with Gasteiger partial charge in [-0.2, -0.15) is 0 Å². The van der Waals surface area contributed by atoms with Crippen molar-refractivity contribution in [3.8, 4) is 16.9 Å². The van der Waals surface area contributed by atoms with E-state index in [0.29, 0.717) is 0 Å². The van der Waals surface area contributed by atoms with Gasteiger partial charge in [0.15, 0.2) is 0 Å². The Kier molecular flexibility index (Phi) is 6.52. The van der Waals surface area contributed by atoms with Crippen LogP contribution in [0.25, 0.3) is 85.5 Å². The van der Waals surface area contributed by atoms with Gasteiger partial charge in [0.2, 0.25) is 0 Å². The zero-order chi connectivity index (χ0) is 35.3. The van der Waals surface area contributed by atoms with Crippen molar-refractivity contribution in [1.82, 2.24) is 0 Å². The Balaban J connectivity index is 0.991. The first-order valence-corrected chi connectivity index (χ1v) is 19.9. The first kappa shape index (κ1) is 30.3. The molecule has 0 N–H and O–H groups in total. The maximum absolute atomic E-state index is 6.76. The molecule has 1 unspecified atom stereocenters. The summed E-state index contributed by atoms with van der Waals surface area (Å²) in [5, 5.41) is 12.9. The van der Waals surface area contributed by atoms with Crippen molar-refractivity contribution in [1.29, 1.82) is 0 Å². The van der Waals surface area contributed by atoms with E-state index in [9.17, 15) is 0 Å². The average molecular weight is 707 g/mol. The lowest BCUT2D eigenvalue weighted by Crippen LogP contribution is -2.05. The maximum atomic E-state index is 6.76. The lowest BCUT2D eigenvalue weighted by atomic mass is 9.81. The summed E-state index contributed by atoms with van der Waals surface area (Å²) in [5.74, 6) is 2.28. The molecule has 2 heteroatoms. The normalized spacial score (nSPS) is 16.5. The molecule has 9 aromatic rings. The Bertz CT molecular complexity index is 3160. The van der Waals surface area contributed by atoms with E-state index in [1.807, 2.05) is 11.3 Å². The summed E-state index contributed by atoms with van der Waals surface area (Å²) in [5.41, 5.74) is 9.35. The topological polar surface area (TPSA) is 9.23 Å². The first-order chi connectivity index (χ1) is 26.8. The molecule has 0 saturated carbocycles. The van der Waals surface area contributed by atoms with E-state index in [1.165, 1.54) is 102 Å². The van der Waals surface area contributed by atoms with E-state index in [2.05, 4.69) is 164 Å². The second-order valence-corrected chi connectivity index (χ2v) is 16.1. The van der Waals surface area contributed by atoms with Crippen LogP contribution in [0.2, 0.25) is 0 Å². The zero-order valence-electron chi connectivity index (χ0n) is 29.6. The average Bonchev–Trinajstić information content (AvgIpc) is 3.79. The second-order valence-electron chi connectivity index (χ2n) is 15.0. The highest BCUT2D eigenvalue weighted by atomic mass is 32.1. The van der Waals surface area contributed by atoms with Crippen molar-refractivity contribution >= 4 is 85.7 Å². The third-order valence-electron chi connectivity index (χ3n) is 12.1. The molecule has 2 aliphatic carbocycles. The molecule has 2 heterocycles. The molecule has 254 valence electrons. The van der Waals surface area contributed by atoms with E-state index in [1.54, 1.807) is 0 Å². The third kappa shape index (κ3) is 4.38. The lowest BCUT2D eigenvalue weighted by Gasteiger charge is -2.22. The Morgan fingerprint density at radius 3 is 1.91 bits per heavy atom. The molecular weight excluding hydrogens is 673 g/mol. The van der Waals surface area contributed by atoms with Crippen LogP contribution >= 0.6 is 11.3 Å². The minimum absolute atomic E-state index is 0.196. The molecule has 0 amide bonds. The van der Waals surface area contributed by atoms with Crippen LogP contribution in [0.15, 0.2) is 170 Å². The fraction of sp³-hybridized carbons (Fsp3) is 0.0769.